The summed E-state index contributed by atoms with van der Waals surface area (Å²) in [5.41, 5.74) is 1.85. The minimum Gasteiger partial charge on any atom is -0.444 e. The third-order valence-electron chi connectivity index (χ3n) is 4.52. The molecule has 23 heavy (non-hydrogen) atoms. The fraction of sp³-hybridized carbons (Fsp3) is 0.500. The van der Waals surface area contributed by atoms with Gasteiger partial charge in [-0.1, -0.05) is 35.4 Å². The molecule has 1 aromatic rings. The van der Waals surface area contributed by atoms with E-state index in [1.807, 2.05) is 32.9 Å². The molecule has 0 N–H and O–H groups in total. The van der Waals surface area contributed by atoms with Crippen LogP contribution in [-0.2, 0) is 10.2 Å². The van der Waals surface area contributed by atoms with Gasteiger partial charge >= 0.3 is 6.09 Å². The Hall–Kier alpha value is -1.19. The number of hydrogen-bond acceptors (Lipinski definition) is 2. The number of allylic oxidation sites excluding steroid dienone is 1. The third kappa shape index (κ3) is 3.22. The average molecular weight is 354 g/mol. The van der Waals surface area contributed by atoms with Crippen molar-refractivity contribution in [2.24, 2.45) is 0 Å². The van der Waals surface area contributed by atoms with Gasteiger partial charge in [-0.25, -0.2) is 4.79 Å². The first-order chi connectivity index (χ1) is 10.7. The number of benzene rings is 1. The molecule has 0 atom stereocenters. The second-order valence-electron chi connectivity index (χ2n) is 7.31. The largest absolute Gasteiger partial charge is 0.444 e. The van der Waals surface area contributed by atoms with Crippen molar-refractivity contribution in [3.8, 4) is 0 Å². The molecule has 1 heterocycles. The number of carbonyl (C=O) groups is 1. The minimum atomic E-state index is -0.462. The van der Waals surface area contributed by atoms with E-state index >= 15 is 0 Å². The Kier molecular flexibility index (Phi) is 4.14. The zero-order valence-corrected chi connectivity index (χ0v) is 15.2. The predicted molar refractivity (Wildman–Crippen MR) is 94.2 cm³/mol. The van der Waals surface area contributed by atoms with Gasteiger partial charge in [-0.05, 0) is 56.9 Å². The Morgan fingerprint density at radius 1 is 1.17 bits per heavy atom. The number of likely N-dealkylation sites (tertiary alicyclic amines) is 1. The summed E-state index contributed by atoms with van der Waals surface area (Å²) < 4.78 is 5.46. The molecule has 1 amide bonds. The van der Waals surface area contributed by atoms with Crippen molar-refractivity contribution < 1.29 is 9.53 Å². The van der Waals surface area contributed by atoms with E-state index in [0.717, 1.165) is 18.4 Å². The van der Waals surface area contributed by atoms with Crippen LogP contribution in [0.15, 0.2) is 18.2 Å². The molecule has 1 aliphatic heterocycles. The van der Waals surface area contributed by atoms with Crippen LogP contribution >= 0.6 is 23.2 Å². The zero-order chi connectivity index (χ0) is 16.8. The highest BCUT2D eigenvalue weighted by Gasteiger charge is 2.40. The molecule has 1 aromatic carbocycles. The third-order valence-corrected chi connectivity index (χ3v) is 5.24. The molecule has 0 saturated carbocycles. The zero-order valence-electron chi connectivity index (χ0n) is 13.7. The van der Waals surface area contributed by atoms with Crippen LogP contribution in [0.5, 0.6) is 0 Å². The predicted octanol–water partition coefficient (Wildman–Crippen LogP) is 5.29. The summed E-state index contributed by atoms with van der Waals surface area (Å²) in [7, 11) is 0. The molecule has 0 unspecified atom stereocenters. The summed E-state index contributed by atoms with van der Waals surface area (Å²) in [5.74, 6) is 0. The number of carbonyl (C=O) groups excluding carboxylic acids is 1. The van der Waals surface area contributed by atoms with Crippen molar-refractivity contribution in [2.45, 2.75) is 44.6 Å². The number of hydrogen-bond donors (Lipinski definition) is 0. The summed E-state index contributed by atoms with van der Waals surface area (Å²) in [6.07, 6.45) is 5.85. The lowest BCUT2D eigenvalue weighted by atomic mass is 9.74. The quantitative estimate of drug-likeness (QED) is 0.634. The first-order valence-corrected chi connectivity index (χ1v) is 8.62. The maximum Gasteiger partial charge on any atom is 0.410 e. The molecule has 1 spiro atoms. The Morgan fingerprint density at radius 3 is 2.39 bits per heavy atom. The molecule has 1 aliphatic carbocycles. The van der Waals surface area contributed by atoms with E-state index in [0.29, 0.717) is 23.1 Å². The van der Waals surface area contributed by atoms with Crippen LogP contribution in [0, 0.1) is 0 Å². The SMILES string of the molecule is CC(C)(C)OC(=O)N1CCC2(C=Cc3cc(Cl)c(Cl)cc32)CC1. The summed E-state index contributed by atoms with van der Waals surface area (Å²) in [6, 6.07) is 3.90. The monoisotopic (exact) mass is 353 g/mol. The van der Waals surface area contributed by atoms with E-state index in [4.69, 9.17) is 27.9 Å². The van der Waals surface area contributed by atoms with Crippen LogP contribution in [0.2, 0.25) is 10.0 Å². The Labute approximate surface area is 147 Å². The van der Waals surface area contributed by atoms with Gasteiger partial charge in [-0.3, -0.25) is 0 Å². The fourth-order valence-corrected chi connectivity index (χ4v) is 3.66. The fourth-order valence-electron chi connectivity index (χ4n) is 3.32. The molecule has 3 rings (SSSR count). The molecule has 1 fully saturated rings. The summed E-state index contributed by atoms with van der Waals surface area (Å²) >= 11 is 12.3. The van der Waals surface area contributed by atoms with Gasteiger partial charge in [0.2, 0.25) is 0 Å². The van der Waals surface area contributed by atoms with E-state index in [1.54, 1.807) is 4.90 Å². The maximum absolute atomic E-state index is 12.2. The highest BCUT2D eigenvalue weighted by Crippen LogP contribution is 2.46. The number of ether oxygens (including phenoxy) is 1. The number of fused-ring (bicyclic) bond motifs is 2. The van der Waals surface area contributed by atoms with Crippen LogP contribution in [-0.4, -0.2) is 29.7 Å². The van der Waals surface area contributed by atoms with Crippen molar-refractivity contribution in [2.75, 3.05) is 13.1 Å². The standard InChI is InChI=1S/C18H21Cl2NO2/c1-17(2,3)23-16(22)21-8-6-18(7-9-21)5-4-12-10-14(19)15(20)11-13(12)18/h4-5,10-11H,6-9H2,1-3H3. The lowest BCUT2D eigenvalue weighted by Gasteiger charge is -2.39. The topological polar surface area (TPSA) is 29.5 Å². The number of piperidine rings is 1. The summed E-state index contributed by atoms with van der Waals surface area (Å²) in [6.45, 7) is 7.02. The highest BCUT2D eigenvalue weighted by atomic mass is 35.5. The first kappa shape index (κ1) is 16.7. The van der Waals surface area contributed by atoms with Crippen molar-refractivity contribution in [1.29, 1.82) is 0 Å². The summed E-state index contributed by atoms with van der Waals surface area (Å²) in [4.78, 5) is 14.0. The Balaban J connectivity index is 1.75. The van der Waals surface area contributed by atoms with Crippen LogP contribution in [0.25, 0.3) is 6.08 Å². The van der Waals surface area contributed by atoms with Crippen molar-refractivity contribution >= 4 is 35.4 Å². The van der Waals surface area contributed by atoms with E-state index in [-0.39, 0.29) is 11.5 Å². The van der Waals surface area contributed by atoms with Gasteiger partial charge in [-0.2, -0.15) is 0 Å². The number of amides is 1. The van der Waals surface area contributed by atoms with Crippen LogP contribution in [0.1, 0.15) is 44.7 Å². The van der Waals surface area contributed by atoms with Crippen LogP contribution < -0.4 is 0 Å². The van der Waals surface area contributed by atoms with Gasteiger partial charge in [0.1, 0.15) is 5.60 Å². The van der Waals surface area contributed by atoms with E-state index in [9.17, 15) is 4.79 Å². The Bertz CT molecular complexity index is 668. The molecular weight excluding hydrogens is 333 g/mol. The van der Waals surface area contributed by atoms with Gasteiger partial charge in [0.15, 0.2) is 0 Å². The van der Waals surface area contributed by atoms with Crippen molar-refractivity contribution in [1.82, 2.24) is 4.90 Å². The maximum atomic E-state index is 12.2. The molecule has 0 aromatic heterocycles. The van der Waals surface area contributed by atoms with Gasteiger partial charge in [0.25, 0.3) is 0 Å². The second kappa shape index (κ2) is 5.71. The molecule has 3 nitrogen and oxygen atoms in total. The van der Waals surface area contributed by atoms with Gasteiger partial charge in [0, 0.05) is 18.5 Å². The lowest BCUT2D eigenvalue weighted by Crippen LogP contribution is -2.45. The highest BCUT2D eigenvalue weighted by molar-refractivity contribution is 6.42. The number of rotatable bonds is 0. The molecule has 2 aliphatic rings. The molecule has 1 saturated heterocycles. The second-order valence-corrected chi connectivity index (χ2v) is 8.12. The normalized spacial score (nSPS) is 19.1. The number of halogens is 2. The van der Waals surface area contributed by atoms with Crippen LogP contribution in [0.3, 0.4) is 0 Å². The first-order valence-electron chi connectivity index (χ1n) is 7.87. The molecule has 5 heteroatoms. The molecule has 124 valence electrons. The van der Waals surface area contributed by atoms with Gasteiger partial charge < -0.3 is 9.64 Å². The minimum absolute atomic E-state index is 0.0396. The van der Waals surface area contributed by atoms with Gasteiger partial charge in [0.05, 0.1) is 10.0 Å². The van der Waals surface area contributed by atoms with Crippen LogP contribution in [0.4, 0.5) is 4.79 Å². The van der Waals surface area contributed by atoms with Crippen molar-refractivity contribution in [3.63, 3.8) is 0 Å². The average Bonchev–Trinajstić information content (AvgIpc) is 2.77. The molecule has 0 radical (unpaired) electrons. The lowest BCUT2D eigenvalue weighted by molar-refractivity contribution is 0.0184. The van der Waals surface area contributed by atoms with E-state index < -0.39 is 5.60 Å². The van der Waals surface area contributed by atoms with Gasteiger partial charge in [-0.15, -0.1) is 0 Å². The number of nitrogens with zero attached hydrogens (tertiary/aromatic N) is 1. The molecule has 0 bridgehead atoms. The van der Waals surface area contributed by atoms with E-state index in [2.05, 4.69) is 12.2 Å². The molecular formula is C18H21Cl2NO2. The summed E-state index contributed by atoms with van der Waals surface area (Å²) in [5, 5.41) is 1.17. The Morgan fingerprint density at radius 2 is 1.78 bits per heavy atom. The van der Waals surface area contributed by atoms with E-state index in [1.165, 1.54) is 5.56 Å². The van der Waals surface area contributed by atoms with Crippen molar-refractivity contribution in [3.05, 3.63) is 39.4 Å². The smallest absolute Gasteiger partial charge is 0.410 e.